The van der Waals surface area contributed by atoms with E-state index in [9.17, 15) is 4.79 Å². The van der Waals surface area contributed by atoms with E-state index >= 15 is 0 Å². The minimum atomic E-state index is -0.240. The van der Waals surface area contributed by atoms with Crippen LogP contribution >= 0.6 is 11.8 Å². The Morgan fingerprint density at radius 1 is 1.27 bits per heavy atom. The summed E-state index contributed by atoms with van der Waals surface area (Å²) in [6.45, 7) is 6.57. The molecule has 4 unspecified atom stereocenters. The Balaban J connectivity index is 1.72. The minimum Gasteiger partial charge on any atom is -0.497 e. The normalized spacial score (nSPS) is 27.3. The highest BCUT2D eigenvalue weighted by Gasteiger charge is 2.43. The van der Waals surface area contributed by atoms with E-state index in [4.69, 9.17) is 4.74 Å². The van der Waals surface area contributed by atoms with Crippen LogP contribution in [0.4, 0.5) is 0 Å². The van der Waals surface area contributed by atoms with Gasteiger partial charge in [-0.2, -0.15) is 9.78 Å². The van der Waals surface area contributed by atoms with Crippen LogP contribution in [0.1, 0.15) is 36.7 Å². The third kappa shape index (κ3) is 3.14. The molecule has 0 saturated carbocycles. The maximum atomic E-state index is 13.0. The molecule has 0 aliphatic carbocycles. The van der Waals surface area contributed by atoms with Crippen LogP contribution in [0, 0.1) is 11.8 Å². The number of carbonyl (C=O) groups excluding carboxylic acids is 1. The second-order valence-electron chi connectivity index (χ2n) is 7.45. The first-order chi connectivity index (χ1) is 12.6. The fraction of sp³-hybridized carbons (Fsp3) is 0.526. The summed E-state index contributed by atoms with van der Waals surface area (Å²) in [4.78, 5) is 19.7. The average Bonchev–Trinajstić information content (AvgIpc) is 3.19. The van der Waals surface area contributed by atoms with Gasteiger partial charge in [0.1, 0.15) is 17.3 Å². The van der Waals surface area contributed by atoms with Crippen molar-refractivity contribution in [3.05, 3.63) is 36.2 Å². The number of methoxy groups -OCH3 is 1. The Bertz CT molecular complexity index is 798. The molecule has 0 spiro atoms. The Morgan fingerprint density at radius 3 is 2.73 bits per heavy atom. The monoisotopic (exact) mass is 372 g/mol. The Morgan fingerprint density at radius 2 is 2.04 bits per heavy atom. The van der Waals surface area contributed by atoms with Crippen LogP contribution < -0.4 is 4.74 Å². The van der Waals surface area contributed by atoms with Gasteiger partial charge in [-0.05, 0) is 36.0 Å². The molecule has 26 heavy (non-hydrogen) atoms. The first kappa shape index (κ1) is 17.5. The third-order valence-electron chi connectivity index (χ3n) is 5.21. The molecule has 1 saturated heterocycles. The fourth-order valence-electron chi connectivity index (χ4n) is 4.29. The number of hydrogen-bond donors (Lipinski definition) is 0. The topological polar surface area (TPSA) is 60.3 Å². The standard InChI is InChI=1S/C19H24N4O2S/c1-12-7-13(2)10-22(9-12)16(14-5-4-6-15(8-14)25-3)17-18(24)23-19(26-17)20-11-21-23/h4-6,8,11-13,16-17H,7,9-10H2,1-3H3. The zero-order valence-corrected chi connectivity index (χ0v) is 16.1. The minimum absolute atomic E-state index is 0.0150. The number of carbonyl (C=O) groups is 1. The molecule has 1 aromatic carbocycles. The van der Waals surface area contributed by atoms with Gasteiger partial charge in [-0.15, -0.1) is 0 Å². The predicted molar refractivity (Wildman–Crippen MR) is 101 cm³/mol. The summed E-state index contributed by atoms with van der Waals surface area (Å²) in [6, 6.07) is 8.07. The Kier molecular flexibility index (Phi) is 4.75. The fourth-order valence-corrected chi connectivity index (χ4v) is 5.52. The maximum absolute atomic E-state index is 13.0. The van der Waals surface area contributed by atoms with E-state index in [1.165, 1.54) is 29.2 Å². The highest BCUT2D eigenvalue weighted by atomic mass is 32.2. The molecule has 0 N–H and O–H groups in total. The van der Waals surface area contributed by atoms with Crippen molar-refractivity contribution in [2.45, 2.75) is 36.7 Å². The second-order valence-corrected chi connectivity index (χ2v) is 8.56. The van der Waals surface area contributed by atoms with Crippen molar-refractivity contribution in [3.8, 4) is 5.75 Å². The molecule has 1 aromatic heterocycles. The average molecular weight is 372 g/mol. The van der Waals surface area contributed by atoms with Gasteiger partial charge in [0.15, 0.2) is 5.16 Å². The van der Waals surface area contributed by atoms with Gasteiger partial charge in [-0.1, -0.05) is 37.7 Å². The van der Waals surface area contributed by atoms with Gasteiger partial charge in [-0.25, -0.2) is 4.98 Å². The van der Waals surface area contributed by atoms with Gasteiger partial charge < -0.3 is 4.74 Å². The van der Waals surface area contributed by atoms with Crippen molar-refractivity contribution in [3.63, 3.8) is 0 Å². The van der Waals surface area contributed by atoms with E-state index in [1.54, 1.807) is 7.11 Å². The number of rotatable bonds is 4. The van der Waals surface area contributed by atoms with Crippen LogP contribution in [0.25, 0.3) is 0 Å². The van der Waals surface area contributed by atoms with E-state index in [-0.39, 0.29) is 17.2 Å². The number of benzene rings is 1. The SMILES string of the molecule is COc1cccc(C(C2Sc3ncnn3C2=O)N2CC(C)CC(C)C2)c1. The number of nitrogens with zero attached hydrogens (tertiary/aromatic N) is 4. The number of likely N-dealkylation sites (tertiary alicyclic amines) is 1. The van der Waals surface area contributed by atoms with Gasteiger partial charge >= 0.3 is 0 Å². The highest BCUT2D eigenvalue weighted by Crippen LogP contribution is 2.42. The zero-order valence-electron chi connectivity index (χ0n) is 15.3. The van der Waals surface area contributed by atoms with Crippen LogP contribution in [0.2, 0.25) is 0 Å². The van der Waals surface area contributed by atoms with E-state index in [1.807, 2.05) is 12.1 Å². The summed E-state index contributed by atoms with van der Waals surface area (Å²) in [5.74, 6) is 2.06. The summed E-state index contributed by atoms with van der Waals surface area (Å²) in [7, 11) is 1.67. The lowest BCUT2D eigenvalue weighted by Crippen LogP contribution is -2.46. The second kappa shape index (κ2) is 7.04. The van der Waals surface area contributed by atoms with Crippen molar-refractivity contribution in [2.24, 2.45) is 11.8 Å². The summed E-state index contributed by atoms with van der Waals surface area (Å²) < 4.78 is 6.87. The molecule has 0 bridgehead atoms. The maximum Gasteiger partial charge on any atom is 0.264 e. The van der Waals surface area contributed by atoms with Crippen molar-refractivity contribution in [2.75, 3.05) is 20.2 Å². The molecule has 4 rings (SSSR count). The Hall–Kier alpha value is -1.86. The lowest BCUT2D eigenvalue weighted by molar-refractivity contribution is 0.0712. The van der Waals surface area contributed by atoms with Crippen LogP contribution in [-0.4, -0.2) is 51.0 Å². The van der Waals surface area contributed by atoms with Crippen LogP contribution in [0.5, 0.6) is 5.75 Å². The Labute approximate surface area is 157 Å². The van der Waals surface area contributed by atoms with E-state index in [0.717, 1.165) is 24.4 Å². The van der Waals surface area contributed by atoms with Crippen molar-refractivity contribution < 1.29 is 9.53 Å². The summed E-state index contributed by atoms with van der Waals surface area (Å²) in [5, 5.41) is 4.55. The number of piperidine rings is 1. The smallest absolute Gasteiger partial charge is 0.264 e. The van der Waals surface area contributed by atoms with Gasteiger partial charge in [0.2, 0.25) is 0 Å². The molecule has 7 heteroatoms. The molecule has 2 aromatic rings. The lowest BCUT2D eigenvalue weighted by Gasteiger charge is -2.41. The van der Waals surface area contributed by atoms with Crippen molar-refractivity contribution in [1.29, 1.82) is 0 Å². The summed E-state index contributed by atoms with van der Waals surface area (Å²) >= 11 is 1.52. The number of hydrogen-bond acceptors (Lipinski definition) is 6. The lowest BCUT2D eigenvalue weighted by atomic mass is 9.88. The number of ether oxygens (including phenoxy) is 1. The van der Waals surface area contributed by atoms with Gasteiger partial charge in [-0.3, -0.25) is 9.69 Å². The van der Waals surface area contributed by atoms with Crippen LogP contribution in [0.15, 0.2) is 35.7 Å². The third-order valence-corrected chi connectivity index (χ3v) is 6.42. The molecule has 0 radical (unpaired) electrons. The first-order valence-electron chi connectivity index (χ1n) is 9.05. The number of thioether (sulfide) groups is 1. The molecule has 0 amide bonds. The molecule has 138 valence electrons. The van der Waals surface area contributed by atoms with Gasteiger partial charge in [0, 0.05) is 13.1 Å². The molecular formula is C19H24N4O2S. The quantitative estimate of drug-likeness (QED) is 0.822. The zero-order chi connectivity index (χ0) is 18.3. The van der Waals surface area contributed by atoms with Gasteiger partial charge in [0.05, 0.1) is 13.2 Å². The highest BCUT2D eigenvalue weighted by molar-refractivity contribution is 8.00. The van der Waals surface area contributed by atoms with Gasteiger partial charge in [0.25, 0.3) is 5.91 Å². The predicted octanol–water partition coefficient (Wildman–Crippen LogP) is 3.12. The summed E-state index contributed by atoms with van der Waals surface area (Å²) in [6.07, 6.45) is 2.68. The number of fused-ring (bicyclic) bond motifs is 1. The largest absolute Gasteiger partial charge is 0.497 e. The van der Waals surface area contributed by atoms with Crippen LogP contribution in [-0.2, 0) is 0 Å². The molecule has 1 fully saturated rings. The van der Waals surface area contributed by atoms with E-state index in [2.05, 4.69) is 41.0 Å². The van der Waals surface area contributed by atoms with E-state index in [0.29, 0.717) is 17.0 Å². The molecule has 4 atom stereocenters. The van der Waals surface area contributed by atoms with E-state index < -0.39 is 0 Å². The van der Waals surface area contributed by atoms with Crippen molar-refractivity contribution in [1.82, 2.24) is 19.7 Å². The summed E-state index contributed by atoms with van der Waals surface area (Å²) in [5.41, 5.74) is 1.11. The van der Waals surface area contributed by atoms with Crippen molar-refractivity contribution >= 4 is 17.7 Å². The first-order valence-corrected chi connectivity index (χ1v) is 9.93. The molecule has 2 aliphatic rings. The van der Waals surface area contributed by atoms with Crippen LogP contribution in [0.3, 0.4) is 0 Å². The number of aromatic nitrogens is 3. The molecular weight excluding hydrogens is 348 g/mol. The molecule has 6 nitrogen and oxygen atoms in total. The molecule has 2 aliphatic heterocycles. The molecule has 3 heterocycles.